The van der Waals surface area contributed by atoms with E-state index < -0.39 is 0 Å². The Morgan fingerprint density at radius 2 is 2.06 bits per heavy atom. The molecule has 1 N–H and O–H groups in total. The van der Waals surface area contributed by atoms with Gasteiger partial charge in [0.25, 0.3) is 0 Å². The zero-order chi connectivity index (χ0) is 11.1. The van der Waals surface area contributed by atoms with E-state index in [-0.39, 0.29) is 6.10 Å². The van der Waals surface area contributed by atoms with Gasteiger partial charge in [-0.3, -0.25) is 0 Å². The summed E-state index contributed by atoms with van der Waals surface area (Å²) in [5.74, 6) is 1.73. The Balaban J connectivity index is 1.82. The molecular formula is C11H14ClN3O. The molecular weight excluding hydrogens is 226 g/mol. The number of aromatic nitrogens is 2. The molecule has 1 saturated heterocycles. The van der Waals surface area contributed by atoms with Crippen LogP contribution >= 0.6 is 11.6 Å². The molecule has 2 aliphatic rings. The van der Waals surface area contributed by atoms with Crippen LogP contribution in [0.5, 0.6) is 0 Å². The van der Waals surface area contributed by atoms with Crippen molar-refractivity contribution in [3.63, 3.8) is 0 Å². The molecule has 0 radical (unpaired) electrons. The smallest absolute Gasteiger partial charge is 0.171 e. The zero-order valence-electron chi connectivity index (χ0n) is 8.88. The number of aliphatic hydroxyl groups is 1. The summed E-state index contributed by atoms with van der Waals surface area (Å²) in [5, 5.41) is 10.3. The average Bonchev–Trinajstić information content (AvgIpc) is 2.82. The summed E-state index contributed by atoms with van der Waals surface area (Å²) >= 11 is 6.02. The molecule has 0 spiro atoms. The quantitative estimate of drug-likeness (QED) is 0.804. The predicted octanol–water partition coefficient (Wildman–Crippen LogP) is 1.34. The van der Waals surface area contributed by atoms with Crippen molar-refractivity contribution in [2.24, 2.45) is 11.8 Å². The second kappa shape index (κ2) is 3.86. The number of fused-ring (bicyclic) bond motifs is 1. The highest BCUT2D eigenvalue weighted by Gasteiger charge is 2.42. The second-order valence-corrected chi connectivity index (χ2v) is 5.00. The largest absolute Gasteiger partial charge is 0.393 e. The van der Waals surface area contributed by atoms with Crippen molar-refractivity contribution in [3.8, 4) is 0 Å². The molecule has 5 heteroatoms. The molecule has 86 valence electrons. The third kappa shape index (κ3) is 1.57. The van der Waals surface area contributed by atoms with Gasteiger partial charge in [0.2, 0.25) is 0 Å². The Labute approximate surface area is 99.3 Å². The third-order valence-electron chi connectivity index (χ3n) is 3.75. The summed E-state index contributed by atoms with van der Waals surface area (Å²) in [6.07, 6.45) is 5.16. The third-order valence-corrected chi connectivity index (χ3v) is 4.02. The van der Waals surface area contributed by atoms with Gasteiger partial charge >= 0.3 is 0 Å². The Morgan fingerprint density at radius 3 is 2.81 bits per heavy atom. The molecule has 3 unspecified atom stereocenters. The molecule has 1 saturated carbocycles. The molecule has 0 amide bonds. The van der Waals surface area contributed by atoms with Crippen LogP contribution in [0.4, 0.5) is 5.82 Å². The van der Waals surface area contributed by atoms with Crippen molar-refractivity contribution in [2.75, 3.05) is 18.0 Å². The van der Waals surface area contributed by atoms with Crippen LogP contribution in [-0.2, 0) is 0 Å². The molecule has 3 rings (SSSR count). The Hall–Kier alpha value is -0.870. The number of hydrogen-bond acceptors (Lipinski definition) is 4. The molecule has 1 aliphatic carbocycles. The first-order valence-electron chi connectivity index (χ1n) is 5.65. The van der Waals surface area contributed by atoms with Gasteiger partial charge in [-0.1, -0.05) is 11.6 Å². The van der Waals surface area contributed by atoms with E-state index in [1.54, 1.807) is 12.4 Å². The monoisotopic (exact) mass is 239 g/mol. The van der Waals surface area contributed by atoms with Crippen molar-refractivity contribution >= 4 is 17.4 Å². The predicted molar refractivity (Wildman–Crippen MR) is 61.5 cm³/mol. The maximum atomic E-state index is 9.84. The van der Waals surface area contributed by atoms with Crippen LogP contribution in [0.15, 0.2) is 12.4 Å². The second-order valence-electron chi connectivity index (χ2n) is 4.64. The van der Waals surface area contributed by atoms with E-state index in [9.17, 15) is 5.11 Å². The van der Waals surface area contributed by atoms with Gasteiger partial charge in [0.1, 0.15) is 0 Å². The maximum Gasteiger partial charge on any atom is 0.171 e. The van der Waals surface area contributed by atoms with Crippen molar-refractivity contribution < 1.29 is 5.11 Å². The molecule has 3 atom stereocenters. The van der Waals surface area contributed by atoms with Crippen LogP contribution in [0.1, 0.15) is 12.8 Å². The lowest BCUT2D eigenvalue weighted by Crippen LogP contribution is -2.25. The standard InChI is InChI=1S/C11H14ClN3O/c12-10-11(14-4-3-13-10)15-5-7-1-2-9(16)8(7)6-15/h3-4,7-9,16H,1-2,5-6H2. The van der Waals surface area contributed by atoms with Crippen molar-refractivity contribution in [1.29, 1.82) is 0 Å². The number of halogens is 1. The number of anilines is 1. The van der Waals surface area contributed by atoms with Gasteiger partial charge in [-0.15, -0.1) is 0 Å². The topological polar surface area (TPSA) is 49.2 Å². The fourth-order valence-electron chi connectivity index (χ4n) is 2.94. The van der Waals surface area contributed by atoms with Gasteiger partial charge in [0.15, 0.2) is 11.0 Å². The first-order valence-corrected chi connectivity index (χ1v) is 6.03. The summed E-state index contributed by atoms with van der Waals surface area (Å²) < 4.78 is 0. The average molecular weight is 240 g/mol. The minimum atomic E-state index is -0.148. The Morgan fingerprint density at radius 1 is 1.25 bits per heavy atom. The highest BCUT2D eigenvalue weighted by molar-refractivity contribution is 6.31. The molecule has 0 aromatic carbocycles. The molecule has 1 aromatic rings. The van der Waals surface area contributed by atoms with Crippen LogP contribution < -0.4 is 4.90 Å². The van der Waals surface area contributed by atoms with E-state index in [0.29, 0.717) is 17.0 Å². The summed E-state index contributed by atoms with van der Waals surface area (Å²) in [4.78, 5) is 10.4. The van der Waals surface area contributed by atoms with Crippen LogP contribution in [-0.4, -0.2) is 34.3 Å². The SMILES string of the molecule is OC1CCC2CN(c3nccnc3Cl)CC12. The maximum absolute atomic E-state index is 9.84. The fourth-order valence-corrected chi connectivity index (χ4v) is 3.16. The van der Waals surface area contributed by atoms with Crippen LogP contribution in [0, 0.1) is 11.8 Å². The van der Waals surface area contributed by atoms with E-state index in [4.69, 9.17) is 11.6 Å². The van der Waals surface area contributed by atoms with Crippen LogP contribution in [0.2, 0.25) is 5.15 Å². The highest BCUT2D eigenvalue weighted by atomic mass is 35.5. The molecule has 0 bridgehead atoms. The Kier molecular flexibility index (Phi) is 2.48. The molecule has 1 aromatic heterocycles. The van der Waals surface area contributed by atoms with Gasteiger partial charge in [-0.05, 0) is 18.8 Å². The first kappa shape index (κ1) is 10.3. The van der Waals surface area contributed by atoms with E-state index in [1.165, 1.54) is 0 Å². The zero-order valence-corrected chi connectivity index (χ0v) is 9.64. The van der Waals surface area contributed by atoms with Gasteiger partial charge in [-0.25, -0.2) is 9.97 Å². The van der Waals surface area contributed by atoms with Gasteiger partial charge in [-0.2, -0.15) is 0 Å². The van der Waals surface area contributed by atoms with E-state index in [0.717, 1.165) is 31.7 Å². The summed E-state index contributed by atoms with van der Waals surface area (Å²) in [5.41, 5.74) is 0. The molecule has 2 fully saturated rings. The number of rotatable bonds is 1. The van der Waals surface area contributed by atoms with E-state index in [2.05, 4.69) is 14.9 Å². The molecule has 1 aliphatic heterocycles. The van der Waals surface area contributed by atoms with Gasteiger partial charge in [0, 0.05) is 31.4 Å². The van der Waals surface area contributed by atoms with Crippen molar-refractivity contribution in [3.05, 3.63) is 17.5 Å². The number of aliphatic hydroxyl groups excluding tert-OH is 1. The molecule has 16 heavy (non-hydrogen) atoms. The van der Waals surface area contributed by atoms with E-state index >= 15 is 0 Å². The van der Waals surface area contributed by atoms with Crippen LogP contribution in [0.25, 0.3) is 0 Å². The number of nitrogens with zero attached hydrogens (tertiary/aromatic N) is 3. The Bertz CT molecular complexity index is 401. The summed E-state index contributed by atoms with van der Waals surface area (Å²) in [7, 11) is 0. The molecule has 2 heterocycles. The lowest BCUT2D eigenvalue weighted by atomic mass is 10.00. The van der Waals surface area contributed by atoms with Crippen molar-refractivity contribution in [1.82, 2.24) is 9.97 Å². The minimum Gasteiger partial charge on any atom is -0.393 e. The highest BCUT2D eigenvalue weighted by Crippen LogP contribution is 2.40. The van der Waals surface area contributed by atoms with Crippen molar-refractivity contribution in [2.45, 2.75) is 18.9 Å². The lowest BCUT2D eigenvalue weighted by molar-refractivity contribution is 0.133. The first-order chi connectivity index (χ1) is 7.75. The minimum absolute atomic E-state index is 0.148. The fraction of sp³-hybridized carbons (Fsp3) is 0.636. The van der Waals surface area contributed by atoms with Crippen LogP contribution in [0.3, 0.4) is 0 Å². The van der Waals surface area contributed by atoms with Gasteiger partial charge < -0.3 is 10.0 Å². The number of hydrogen-bond donors (Lipinski definition) is 1. The van der Waals surface area contributed by atoms with E-state index in [1.807, 2.05) is 0 Å². The summed E-state index contributed by atoms with van der Waals surface area (Å²) in [6, 6.07) is 0. The normalized spacial score (nSPS) is 33.1. The van der Waals surface area contributed by atoms with Gasteiger partial charge in [0.05, 0.1) is 6.10 Å². The molecule has 4 nitrogen and oxygen atoms in total. The summed E-state index contributed by atoms with van der Waals surface area (Å²) in [6.45, 7) is 1.80. The lowest BCUT2D eigenvalue weighted by Gasteiger charge is -2.19.